The van der Waals surface area contributed by atoms with Crippen molar-refractivity contribution >= 4 is 57.2 Å². The second kappa shape index (κ2) is 9.68. The van der Waals surface area contributed by atoms with Crippen molar-refractivity contribution in [1.82, 2.24) is 10.2 Å². The Kier molecular flexibility index (Phi) is 8.04. The lowest BCUT2D eigenvalue weighted by atomic mass is 9.95. The number of nitrogens with zero attached hydrogens (tertiary/aromatic N) is 1. The van der Waals surface area contributed by atoms with Crippen LogP contribution in [-0.4, -0.2) is 74.6 Å². The Bertz CT molecular complexity index is 816. The molecule has 0 aliphatic carbocycles. The third-order valence-corrected chi connectivity index (χ3v) is 7.85. The molecule has 6 atom stereocenters. The van der Waals surface area contributed by atoms with Gasteiger partial charge in [-0.2, -0.15) is 0 Å². The highest BCUT2D eigenvalue weighted by atomic mass is 79.9. The van der Waals surface area contributed by atoms with Gasteiger partial charge in [0.2, 0.25) is 18.1 Å². The number of ether oxygens (including phenoxy) is 3. The summed E-state index contributed by atoms with van der Waals surface area (Å²) in [4.78, 5) is 62.6. The molecule has 0 aromatic rings. The highest BCUT2D eigenvalue weighted by Crippen LogP contribution is 2.47. The van der Waals surface area contributed by atoms with E-state index in [2.05, 4.69) is 21.2 Å². The lowest BCUT2D eigenvalue weighted by molar-refractivity contribution is -0.215. The zero-order chi connectivity index (χ0) is 24.6. The molecule has 0 spiro atoms. The van der Waals surface area contributed by atoms with Crippen LogP contribution in [0.15, 0.2) is 0 Å². The summed E-state index contributed by atoms with van der Waals surface area (Å²) < 4.78 is 16.5. The molecule has 2 aliphatic rings. The van der Waals surface area contributed by atoms with Crippen molar-refractivity contribution in [2.75, 3.05) is 6.54 Å². The van der Waals surface area contributed by atoms with Crippen LogP contribution in [0.5, 0.6) is 0 Å². The van der Waals surface area contributed by atoms with E-state index in [1.165, 1.54) is 37.4 Å². The molecule has 2 saturated heterocycles. The van der Waals surface area contributed by atoms with Gasteiger partial charge >= 0.3 is 11.9 Å². The van der Waals surface area contributed by atoms with Gasteiger partial charge in [-0.05, 0) is 34.6 Å². The predicted octanol–water partition coefficient (Wildman–Crippen LogP) is 1.34. The average molecular weight is 537 g/mol. The number of fused-ring (bicyclic) bond motifs is 1. The predicted molar refractivity (Wildman–Crippen MR) is 118 cm³/mol. The van der Waals surface area contributed by atoms with E-state index in [9.17, 15) is 24.0 Å². The van der Waals surface area contributed by atoms with E-state index in [4.69, 9.17) is 14.2 Å². The number of carbonyl (C=O) groups excluding carboxylic acids is 5. The molecule has 10 nitrogen and oxygen atoms in total. The number of thioether (sulfide) groups is 1. The number of carbonyl (C=O) groups is 5. The van der Waals surface area contributed by atoms with Gasteiger partial charge in [-0.3, -0.25) is 19.2 Å². The molecule has 180 valence electrons. The number of ketones is 1. The molecule has 2 fully saturated rings. The molecule has 2 rings (SSSR count). The highest BCUT2D eigenvalue weighted by Gasteiger charge is 2.62. The van der Waals surface area contributed by atoms with Gasteiger partial charge in [-0.15, -0.1) is 11.8 Å². The van der Waals surface area contributed by atoms with Crippen LogP contribution < -0.4 is 5.32 Å². The molecule has 2 amide bonds. The number of halogens is 1. The standard InChI is InChI=1S/C20H29BrN2O8S/c1-9(24)14(22-11(3)25)31-20(8-23-15(26)13(21)16(23)32-10(20)2)18(28)30-12(4)29-17(27)19(5,6)7/h10,12-14,16H,8H2,1-7H3,(H,22,25)/t10?,12?,13?,14?,16-,20?/m1/s1. The highest BCUT2D eigenvalue weighted by molar-refractivity contribution is 9.10. The van der Waals surface area contributed by atoms with Crippen molar-refractivity contribution in [3.8, 4) is 0 Å². The molecule has 5 unspecified atom stereocenters. The second-order valence-electron chi connectivity index (χ2n) is 8.86. The summed E-state index contributed by atoms with van der Waals surface area (Å²) in [6, 6.07) is 0. The van der Waals surface area contributed by atoms with Crippen molar-refractivity contribution in [3.63, 3.8) is 0 Å². The molecule has 32 heavy (non-hydrogen) atoms. The third-order valence-electron chi connectivity index (χ3n) is 5.02. The van der Waals surface area contributed by atoms with E-state index >= 15 is 0 Å². The number of β-lactam (4-membered cyclic amide) rings is 1. The third kappa shape index (κ3) is 5.45. The molecular weight excluding hydrogens is 508 g/mol. The number of hydrogen-bond acceptors (Lipinski definition) is 9. The fourth-order valence-electron chi connectivity index (χ4n) is 3.12. The SMILES string of the molecule is CC(=O)NC(OC1(C(=O)OC(C)OC(=O)C(C)(C)C)CN2C(=O)C(Br)[C@H]2SC1C)C(C)=O. The van der Waals surface area contributed by atoms with Crippen LogP contribution >= 0.6 is 27.7 Å². The number of esters is 2. The van der Waals surface area contributed by atoms with Gasteiger partial charge in [-0.1, -0.05) is 15.9 Å². The van der Waals surface area contributed by atoms with E-state index in [0.29, 0.717) is 0 Å². The monoisotopic (exact) mass is 536 g/mol. The summed E-state index contributed by atoms with van der Waals surface area (Å²) in [5.41, 5.74) is -2.60. The molecule has 0 aromatic heterocycles. The Labute approximate surface area is 199 Å². The van der Waals surface area contributed by atoms with Gasteiger partial charge in [0.1, 0.15) is 4.83 Å². The Hall–Kier alpha value is -1.66. The van der Waals surface area contributed by atoms with E-state index in [1.54, 1.807) is 27.7 Å². The molecule has 0 aromatic carbocycles. The van der Waals surface area contributed by atoms with Crippen molar-refractivity contribution < 1.29 is 38.2 Å². The minimum atomic E-state index is -1.79. The first kappa shape index (κ1) is 26.6. The average Bonchev–Trinajstić information content (AvgIpc) is 2.66. The Morgan fingerprint density at radius 2 is 1.81 bits per heavy atom. The number of hydrogen-bond donors (Lipinski definition) is 1. The minimum Gasteiger partial charge on any atom is -0.425 e. The normalized spacial score (nSPS) is 29.2. The quantitative estimate of drug-likeness (QED) is 0.221. The topological polar surface area (TPSA) is 128 Å². The number of alkyl halides is 1. The summed E-state index contributed by atoms with van der Waals surface area (Å²) >= 11 is 4.63. The van der Waals surface area contributed by atoms with Crippen LogP contribution in [0, 0.1) is 5.41 Å². The Balaban J connectivity index is 2.32. The number of Topliss-reactive ketones (excluding diaryl/α,β-unsaturated/α-hetero) is 1. The van der Waals surface area contributed by atoms with E-state index in [-0.39, 0.29) is 17.8 Å². The zero-order valence-electron chi connectivity index (χ0n) is 19.1. The summed E-state index contributed by atoms with van der Waals surface area (Å²) in [5.74, 6) is -2.78. The first-order valence-corrected chi connectivity index (χ1v) is 11.9. The maximum absolute atomic E-state index is 13.4. The smallest absolute Gasteiger partial charge is 0.344 e. The van der Waals surface area contributed by atoms with Gasteiger partial charge < -0.3 is 24.4 Å². The maximum Gasteiger partial charge on any atom is 0.344 e. The van der Waals surface area contributed by atoms with E-state index < -0.39 is 57.2 Å². The van der Waals surface area contributed by atoms with Crippen LogP contribution in [0.1, 0.15) is 48.5 Å². The van der Waals surface area contributed by atoms with Crippen molar-refractivity contribution in [2.45, 2.75) is 82.0 Å². The molecule has 0 bridgehead atoms. The van der Waals surface area contributed by atoms with Gasteiger partial charge in [0.05, 0.1) is 17.3 Å². The van der Waals surface area contributed by atoms with Crippen LogP contribution in [0.2, 0.25) is 0 Å². The van der Waals surface area contributed by atoms with Gasteiger partial charge in [0.15, 0.2) is 17.6 Å². The number of amides is 2. The molecule has 2 aliphatic heterocycles. The van der Waals surface area contributed by atoms with Crippen LogP contribution in [0.25, 0.3) is 0 Å². The fraction of sp³-hybridized carbons (Fsp3) is 0.750. The van der Waals surface area contributed by atoms with Gasteiger partial charge in [0.25, 0.3) is 0 Å². The number of rotatable bonds is 7. The fourth-order valence-corrected chi connectivity index (χ4v) is 5.48. The molecule has 12 heteroatoms. The molecular formula is C20H29BrN2O8S. The van der Waals surface area contributed by atoms with Crippen LogP contribution in [0.4, 0.5) is 0 Å². The van der Waals surface area contributed by atoms with Gasteiger partial charge in [0, 0.05) is 19.1 Å². The number of nitrogens with one attached hydrogen (secondary N) is 1. The molecule has 1 N–H and O–H groups in total. The largest absolute Gasteiger partial charge is 0.425 e. The molecule has 0 saturated carbocycles. The first-order chi connectivity index (χ1) is 14.6. The Morgan fingerprint density at radius 1 is 1.22 bits per heavy atom. The summed E-state index contributed by atoms with van der Waals surface area (Å²) in [6.07, 6.45) is -2.67. The molecule has 0 radical (unpaired) electrons. The maximum atomic E-state index is 13.4. The van der Waals surface area contributed by atoms with Crippen molar-refractivity contribution in [3.05, 3.63) is 0 Å². The van der Waals surface area contributed by atoms with Crippen molar-refractivity contribution in [2.24, 2.45) is 5.41 Å². The zero-order valence-corrected chi connectivity index (χ0v) is 21.5. The lowest BCUT2D eigenvalue weighted by Crippen LogP contribution is -2.73. The summed E-state index contributed by atoms with van der Waals surface area (Å²) in [6.45, 7) is 10.3. The van der Waals surface area contributed by atoms with Crippen molar-refractivity contribution in [1.29, 1.82) is 0 Å². The lowest BCUT2D eigenvalue weighted by Gasteiger charge is -2.55. The summed E-state index contributed by atoms with van der Waals surface area (Å²) in [7, 11) is 0. The van der Waals surface area contributed by atoms with Crippen LogP contribution in [0.3, 0.4) is 0 Å². The second-order valence-corrected chi connectivity index (χ2v) is 11.3. The van der Waals surface area contributed by atoms with E-state index in [0.717, 1.165) is 0 Å². The van der Waals surface area contributed by atoms with Crippen LogP contribution in [-0.2, 0) is 38.2 Å². The first-order valence-electron chi connectivity index (χ1n) is 10.1. The minimum absolute atomic E-state index is 0.186. The molecule has 2 heterocycles. The summed E-state index contributed by atoms with van der Waals surface area (Å²) in [5, 5.41) is 1.59. The Morgan fingerprint density at radius 3 is 2.31 bits per heavy atom. The van der Waals surface area contributed by atoms with Gasteiger partial charge in [-0.25, -0.2) is 4.79 Å². The van der Waals surface area contributed by atoms with E-state index in [1.807, 2.05) is 0 Å².